The summed E-state index contributed by atoms with van der Waals surface area (Å²) in [6, 6.07) is 2.93. The first-order chi connectivity index (χ1) is 8.08. The van der Waals surface area contributed by atoms with Crippen LogP contribution < -0.4 is 15.8 Å². The van der Waals surface area contributed by atoms with Gasteiger partial charge in [-0.1, -0.05) is 0 Å². The summed E-state index contributed by atoms with van der Waals surface area (Å²) in [4.78, 5) is 0. The number of halogens is 1. The van der Waals surface area contributed by atoms with Crippen LogP contribution in [0.4, 0.5) is 15.8 Å². The minimum atomic E-state index is -0.474. The van der Waals surface area contributed by atoms with Crippen LogP contribution in [0.5, 0.6) is 5.75 Å². The maximum atomic E-state index is 13.3. The molecule has 0 aromatic heterocycles. The molecule has 17 heavy (non-hydrogen) atoms. The van der Waals surface area contributed by atoms with Gasteiger partial charge in [0.1, 0.15) is 0 Å². The van der Waals surface area contributed by atoms with E-state index in [0.717, 1.165) is 6.42 Å². The minimum Gasteiger partial charge on any atom is -0.494 e. The predicted octanol–water partition coefficient (Wildman–Crippen LogP) is 1.99. The number of aliphatic hydroxyl groups excluding tert-OH is 1. The number of nitrogens with two attached hydrogens (primary N) is 1. The lowest BCUT2D eigenvalue weighted by molar-refractivity contribution is 0.282. The summed E-state index contributed by atoms with van der Waals surface area (Å²) in [7, 11) is 1.41. The molecule has 0 bridgehead atoms. The summed E-state index contributed by atoms with van der Waals surface area (Å²) in [5.74, 6) is -0.311. The van der Waals surface area contributed by atoms with Crippen molar-refractivity contribution in [2.75, 3.05) is 24.8 Å². The zero-order chi connectivity index (χ0) is 12.8. The highest BCUT2D eigenvalue weighted by Crippen LogP contribution is 2.28. The van der Waals surface area contributed by atoms with Gasteiger partial charge < -0.3 is 20.9 Å². The molecule has 1 aromatic rings. The Kier molecular flexibility index (Phi) is 5.03. The van der Waals surface area contributed by atoms with Gasteiger partial charge >= 0.3 is 0 Å². The summed E-state index contributed by atoms with van der Waals surface area (Å²) < 4.78 is 18.2. The van der Waals surface area contributed by atoms with Gasteiger partial charge in [-0.25, -0.2) is 4.39 Å². The first kappa shape index (κ1) is 13.6. The summed E-state index contributed by atoms with van der Waals surface area (Å²) in [5.41, 5.74) is 6.71. The summed E-state index contributed by atoms with van der Waals surface area (Å²) >= 11 is 0. The van der Waals surface area contributed by atoms with Crippen LogP contribution in [0, 0.1) is 5.82 Å². The summed E-state index contributed by atoms with van der Waals surface area (Å²) in [5, 5.41) is 11.9. The van der Waals surface area contributed by atoms with Gasteiger partial charge in [-0.3, -0.25) is 0 Å². The number of nitrogens with one attached hydrogen (secondary N) is 1. The summed E-state index contributed by atoms with van der Waals surface area (Å²) in [6.07, 6.45) is 1.53. The van der Waals surface area contributed by atoms with Gasteiger partial charge in [-0.15, -0.1) is 0 Å². The molecule has 1 unspecified atom stereocenters. The average molecular weight is 242 g/mol. The third kappa shape index (κ3) is 3.78. The van der Waals surface area contributed by atoms with E-state index in [-0.39, 0.29) is 18.4 Å². The quantitative estimate of drug-likeness (QED) is 0.667. The molecule has 0 spiro atoms. The van der Waals surface area contributed by atoms with E-state index in [1.807, 2.05) is 6.92 Å². The van der Waals surface area contributed by atoms with Crippen LogP contribution in [-0.2, 0) is 0 Å². The molecule has 0 saturated carbocycles. The Bertz CT molecular complexity index is 372. The lowest BCUT2D eigenvalue weighted by Crippen LogP contribution is -2.16. The largest absolute Gasteiger partial charge is 0.494 e. The molecule has 4 N–H and O–H groups in total. The lowest BCUT2D eigenvalue weighted by Gasteiger charge is -2.17. The number of benzene rings is 1. The molecule has 0 aliphatic rings. The lowest BCUT2D eigenvalue weighted by atomic mass is 10.1. The maximum Gasteiger partial charge on any atom is 0.167 e. The number of anilines is 2. The van der Waals surface area contributed by atoms with Crippen molar-refractivity contribution in [2.45, 2.75) is 25.8 Å². The van der Waals surface area contributed by atoms with Crippen molar-refractivity contribution in [3.8, 4) is 5.75 Å². The van der Waals surface area contributed by atoms with Crippen LogP contribution in [0.25, 0.3) is 0 Å². The van der Waals surface area contributed by atoms with E-state index < -0.39 is 5.82 Å². The fraction of sp³-hybridized carbons (Fsp3) is 0.500. The van der Waals surface area contributed by atoms with Crippen molar-refractivity contribution in [3.63, 3.8) is 0 Å². The second kappa shape index (κ2) is 6.30. The van der Waals surface area contributed by atoms with Crippen molar-refractivity contribution < 1.29 is 14.2 Å². The Morgan fingerprint density at radius 3 is 2.82 bits per heavy atom. The zero-order valence-electron chi connectivity index (χ0n) is 10.2. The molecular weight excluding hydrogens is 223 g/mol. The van der Waals surface area contributed by atoms with Crippen molar-refractivity contribution in [1.29, 1.82) is 0 Å². The molecule has 96 valence electrons. The van der Waals surface area contributed by atoms with E-state index in [4.69, 9.17) is 15.6 Å². The Morgan fingerprint density at radius 2 is 2.24 bits per heavy atom. The molecular formula is C12H19FN2O2. The Labute approximate surface area is 101 Å². The summed E-state index contributed by atoms with van der Waals surface area (Å²) in [6.45, 7) is 2.14. The Hall–Kier alpha value is -1.49. The minimum absolute atomic E-state index is 0.152. The second-order valence-corrected chi connectivity index (χ2v) is 3.99. The fourth-order valence-electron chi connectivity index (χ4n) is 1.59. The van der Waals surface area contributed by atoms with Crippen LogP contribution in [0.3, 0.4) is 0 Å². The highest BCUT2D eigenvalue weighted by molar-refractivity contribution is 5.68. The van der Waals surface area contributed by atoms with Gasteiger partial charge in [0.05, 0.1) is 18.5 Å². The van der Waals surface area contributed by atoms with Crippen molar-refractivity contribution in [2.24, 2.45) is 0 Å². The normalized spacial score (nSPS) is 12.2. The molecule has 1 atom stereocenters. The molecule has 0 aliphatic carbocycles. The van der Waals surface area contributed by atoms with E-state index in [1.165, 1.54) is 13.2 Å². The first-order valence-corrected chi connectivity index (χ1v) is 5.59. The number of methoxy groups -OCH3 is 1. The molecule has 0 fully saturated rings. The van der Waals surface area contributed by atoms with Crippen LogP contribution >= 0.6 is 0 Å². The number of aliphatic hydroxyl groups is 1. The third-order valence-electron chi connectivity index (χ3n) is 2.52. The van der Waals surface area contributed by atoms with Gasteiger partial charge in [-0.05, 0) is 19.8 Å². The monoisotopic (exact) mass is 242 g/mol. The van der Waals surface area contributed by atoms with Crippen LogP contribution in [0.1, 0.15) is 19.8 Å². The van der Waals surface area contributed by atoms with Gasteiger partial charge in [0.15, 0.2) is 11.6 Å². The average Bonchev–Trinajstić information content (AvgIpc) is 2.30. The number of ether oxygens (including phenoxy) is 1. The number of hydrogen-bond donors (Lipinski definition) is 3. The van der Waals surface area contributed by atoms with E-state index in [1.54, 1.807) is 6.07 Å². The number of rotatable bonds is 6. The van der Waals surface area contributed by atoms with E-state index in [2.05, 4.69) is 5.32 Å². The number of hydrogen-bond acceptors (Lipinski definition) is 4. The van der Waals surface area contributed by atoms with Gasteiger partial charge in [0.25, 0.3) is 0 Å². The molecule has 4 nitrogen and oxygen atoms in total. The van der Waals surface area contributed by atoms with E-state index in [9.17, 15) is 4.39 Å². The highest BCUT2D eigenvalue weighted by Gasteiger charge is 2.10. The van der Waals surface area contributed by atoms with Gasteiger partial charge in [0.2, 0.25) is 0 Å². The Balaban J connectivity index is 2.76. The zero-order valence-corrected chi connectivity index (χ0v) is 10.2. The molecule has 0 heterocycles. The molecule has 1 aromatic carbocycles. The molecule has 1 rings (SSSR count). The Morgan fingerprint density at radius 1 is 1.53 bits per heavy atom. The fourth-order valence-corrected chi connectivity index (χ4v) is 1.59. The van der Waals surface area contributed by atoms with Crippen LogP contribution in [-0.4, -0.2) is 24.9 Å². The maximum absolute atomic E-state index is 13.3. The highest BCUT2D eigenvalue weighted by atomic mass is 19.1. The molecule has 0 radical (unpaired) electrons. The van der Waals surface area contributed by atoms with Gasteiger partial charge in [0, 0.05) is 24.8 Å². The standard InChI is InChI=1S/C12H19FN2O2/c1-8(4-3-5-16)15-11-7-12(17-2)9(13)6-10(11)14/h6-8,15-16H,3-5,14H2,1-2H3. The topological polar surface area (TPSA) is 67.5 Å². The van der Waals surface area contributed by atoms with E-state index >= 15 is 0 Å². The molecule has 0 aliphatic heterocycles. The first-order valence-electron chi connectivity index (χ1n) is 5.59. The third-order valence-corrected chi connectivity index (χ3v) is 2.52. The van der Waals surface area contributed by atoms with Crippen molar-refractivity contribution in [1.82, 2.24) is 0 Å². The van der Waals surface area contributed by atoms with Crippen molar-refractivity contribution >= 4 is 11.4 Å². The number of nitrogen functional groups attached to an aromatic ring is 1. The SMILES string of the molecule is COc1cc(NC(C)CCCO)c(N)cc1F. The van der Waals surface area contributed by atoms with Crippen molar-refractivity contribution in [3.05, 3.63) is 17.9 Å². The van der Waals surface area contributed by atoms with E-state index in [0.29, 0.717) is 17.8 Å². The van der Waals surface area contributed by atoms with Crippen LogP contribution in [0.15, 0.2) is 12.1 Å². The second-order valence-electron chi connectivity index (χ2n) is 3.99. The van der Waals surface area contributed by atoms with Crippen LogP contribution in [0.2, 0.25) is 0 Å². The molecule has 0 saturated heterocycles. The smallest absolute Gasteiger partial charge is 0.167 e. The molecule has 5 heteroatoms. The predicted molar refractivity (Wildman–Crippen MR) is 66.8 cm³/mol. The van der Waals surface area contributed by atoms with Gasteiger partial charge in [-0.2, -0.15) is 0 Å². The molecule has 0 amide bonds.